The third-order valence-corrected chi connectivity index (χ3v) is 7.45. The van der Waals surface area contributed by atoms with Gasteiger partial charge >= 0.3 is 0 Å². The van der Waals surface area contributed by atoms with E-state index in [9.17, 15) is 13.2 Å². The zero-order chi connectivity index (χ0) is 22.4. The van der Waals surface area contributed by atoms with Gasteiger partial charge in [-0.1, -0.05) is 49.8 Å². The molecule has 0 bridgehead atoms. The second-order valence-electron chi connectivity index (χ2n) is 8.55. The second-order valence-corrected chi connectivity index (χ2v) is 10.3. The first kappa shape index (κ1) is 23.2. The first-order valence-electron chi connectivity index (χ1n) is 10.7. The predicted octanol–water partition coefficient (Wildman–Crippen LogP) is 4.24. The van der Waals surface area contributed by atoms with Gasteiger partial charge in [0.15, 0.2) is 0 Å². The van der Waals surface area contributed by atoms with Crippen LogP contribution < -0.4 is 10.0 Å². The SMILES string of the molecule is CC1=CC(CNS(=O)(=O)c2ccccc2)C(C(C)C)CC1CC(=O)Nc1ccccn1. The van der Waals surface area contributed by atoms with Gasteiger partial charge in [0.05, 0.1) is 4.90 Å². The Morgan fingerprint density at radius 1 is 1.13 bits per heavy atom. The van der Waals surface area contributed by atoms with Crippen LogP contribution in [0.5, 0.6) is 0 Å². The number of allylic oxidation sites excluding steroid dienone is 1. The summed E-state index contributed by atoms with van der Waals surface area (Å²) in [5.74, 6) is 1.39. The standard InChI is InChI=1S/C24H31N3O3S/c1-17(2)22-14-19(15-24(28)27-23-11-7-8-12-25-23)18(3)13-20(22)16-26-31(29,30)21-9-5-4-6-10-21/h4-13,17,19-20,22,26H,14-16H2,1-3H3,(H,25,27,28). The van der Waals surface area contributed by atoms with Gasteiger partial charge in [0.25, 0.3) is 0 Å². The Morgan fingerprint density at radius 2 is 1.84 bits per heavy atom. The summed E-state index contributed by atoms with van der Waals surface area (Å²) in [6, 6.07) is 13.8. The van der Waals surface area contributed by atoms with Crippen LogP contribution in [0, 0.1) is 23.7 Å². The molecule has 1 aromatic heterocycles. The largest absolute Gasteiger partial charge is 0.311 e. The van der Waals surface area contributed by atoms with Crippen molar-refractivity contribution in [1.82, 2.24) is 9.71 Å². The van der Waals surface area contributed by atoms with Crippen molar-refractivity contribution in [2.45, 2.75) is 38.5 Å². The molecule has 1 amide bonds. The number of nitrogens with one attached hydrogen (secondary N) is 2. The summed E-state index contributed by atoms with van der Waals surface area (Å²) in [5.41, 5.74) is 1.14. The zero-order valence-electron chi connectivity index (χ0n) is 18.3. The Kier molecular flexibility index (Phi) is 7.62. The van der Waals surface area contributed by atoms with Gasteiger partial charge in [0, 0.05) is 19.2 Å². The number of hydrogen-bond donors (Lipinski definition) is 2. The van der Waals surface area contributed by atoms with Crippen LogP contribution in [0.4, 0.5) is 5.82 Å². The van der Waals surface area contributed by atoms with Crippen LogP contribution in [-0.4, -0.2) is 25.9 Å². The molecule has 1 aliphatic carbocycles. The minimum Gasteiger partial charge on any atom is -0.311 e. The van der Waals surface area contributed by atoms with Crippen molar-refractivity contribution in [2.75, 3.05) is 11.9 Å². The van der Waals surface area contributed by atoms with Crippen LogP contribution in [-0.2, 0) is 14.8 Å². The van der Waals surface area contributed by atoms with Gasteiger partial charge in [0.2, 0.25) is 15.9 Å². The van der Waals surface area contributed by atoms with E-state index in [1.54, 1.807) is 42.6 Å². The zero-order valence-corrected chi connectivity index (χ0v) is 19.1. The number of hydrogen-bond acceptors (Lipinski definition) is 4. The highest BCUT2D eigenvalue weighted by atomic mass is 32.2. The first-order valence-corrected chi connectivity index (χ1v) is 12.2. The number of pyridine rings is 1. The molecule has 0 fully saturated rings. The van der Waals surface area contributed by atoms with Crippen molar-refractivity contribution in [3.8, 4) is 0 Å². The number of rotatable bonds is 8. The molecule has 1 heterocycles. The van der Waals surface area contributed by atoms with Crippen LogP contribution in [0.3, 0.4) is 0 Å². The average Bonchev–Trinajstić information content (AvgIpc) is 2.75. The van der Waals surface area contributed by atoms with Crippen LogP contribution >= 0.6 is 0 Å². The molecule has 1 aliphatic rings. The topological polar surface area (TPSA) is 88.2 Å². The molecule has 3 unspecified atom stereocenters. The number of benzene rings is 1. The van der Waals surface area contributed by atoms with E-state index in [0.29, 0.717) is 24.7 Å². The quantitative estimate of drug-likeness (QED) is 0.600. The van der Waals surface area contributed by atoms with Gasteiger partial charge in [-0.3, -0.25) is 4.79 Å². The summed E-state index contributed by atoms with van der Waals surface area (Å²) in [7, 11) is -3.54. The number of carbonyl (C=O) groups is 1. The first-order chi connectivity index (χ1) is 14.8. The molecular weight excluding hydrogens is 410 g/mol. The fourth-order valence-corrected chi connectivity index (χ4v) is 5.34. The molecule has 3 atom stereocenters. The molecule has 7 heteroatoms. The van der Waals surface area contributed by atoms with Crippen molar-refractivity contribution >= 4 is 21.7 Å². The summed E-state index contributed by atoms with van der Waals surface area (Å²) in [6.45, 7) is 6.70. The predicted molar refractivity (Wildman–Crippen MR) is 123 cm³/mol. The van der Waals surface area contributed by atoms with Crippen molar-refractivity contribution in [1.29, 1.82) is 0 Å². The third-order valence-electron chi connectivity index (χ3n) is 6.01. The van der Waals surface area contributed by atoms with Gasteiger partial charge in [-0.25, -0.2) is 18.1 Å². The van der Waals surface area contributed by atoms with Gasteiger partial charge in [0.1, 0.15) is 5.82 Å². The Morgan fingerprint density at radius 3 is 2.48 bits per heavy atom. The lowest BCUT2D eigenvalue weighted by Crippen LogP contribution is -2.37. The normalized spacial score (nSPS) is 21.5. The lowest BCUT2D eigenvalue weighted by atomic mass is 9.70. The fourth-order valence-electron chi connectivity index (χ4n) is 4.25. The monoisotopic (exact) mass is 441 g/mol. The maximum Gasteiger partial charge on any atom is 0.240 e. The van der Waals surface area contributed by atoms with Crippen LogP contribution in [0.15, 0.2) is 71.3 Å². The maximum atomic E-state index is 12.6. The van der Waals surface area contributed by atoms with E-state index in [0.717, 1.165) is 12.0 Å². The second kappa shape index (κ2) is 10.2. The van der Waals surface area contributed by atoms with Gasteiger partial charge in [-0.2, -0.15) is 0 Å². The lowest BCUT2D eigenvalue weighted by molar-refractivity contribution is -0.117. The Bertz CT molecular complexity index is 1000. The van der Waals surface area contributed by atoms with Gasteiger partial charge in [-0.05, 0) is 61.3 Å². The van der Waals surface area contributed by atoms with Gasteiger partial charge < -0.3 is 5.32 Å². The van der Waals surface area contributed by atoms with E-state index in [1.807, 2.05) is 19.1 Å². The molecule has 31 heavy (non-hydrogen) atoms. The highest BCUT2D eigenvalue weighted by Gasteiger charge is 2.33. The van der Waals surface area contributed by atoms with E-state index in [-0.39, 0.29) is 28.6 Å². The van der Waals surface area contributed by atoms with Gasteiger partial charge in [-0.15, -0.1) is 0 Å². The third kappa shape index (κ3) is 6.24. The number of carbonyl (C=O) groups excluding carboxylic acids is 1. The molecule has 0 spiro atoms. The van der Waals surface area contributed by atoms with Crippen molar-refractivity contribution in [2.24, 2.45) is 23.7 Å². The molecule has 0 saturated carbocycles. The summed E-state index contributed by atoms with van der Waals surface area (Å²) >= 11 is 0. The lowest BCUT2D eigenvalue weighted by Gasteiger charge is -2.37. The number of amides is 1. The summed E-state index contributed by atoms with van der Waals surface area (Å²) in [6.07, 6.45) is 5.05. The molecule has 0 aliphatic heterocycles. The number of anilines is 1. The van der Waals surface area contributed by atoms with E-state index in [1.165, 1.54) is 0 Å². The molecule has 0 saturated heterocycles. The van der Waals surface area contributed by atoms with Crippen molar-refractivity contribution < 1.29 is 13.2 Å². The van der Waals surface area contributed by atoms with E-state index >= 15 is 0 Å². The Balaban J connectivity index is 1.67. The molecule has 0 radical (unpaired) electrons. The maximum absolute atomic E-state index is 12.6. The number of nitrogens with zero attached hydrogens (tertiary/aromatic N) is 1. The van der Waals surface area contributed by atoms with Crippen molar-refractivity contribution in [3.63, 3.8) is 0 Å². The molecule has 2 N–H and O–H groups in total. The smallest absolute Gasteiger partial charge is 0.240 e. The highest BCUT2D eigenvalue weighted by Crippen LogP contribution is 2.39. The minimum absolute atomic E-state index is 0.0535. The molecule has 1 aromatic carbocycles. The fraction of sp³-hybridized carbons (Fsp3) is 0.417. The van der Waals surface area contributed by atoms with E-state index < -0.39 is 10.0 Å². The number of sulfonamides is 1. The van der Waals surface area contributed by atoms with Crippen LogP contribution in [0.2, 0.25) is 0 Å². The molecule has 2 aromatic rings. The van der Waals surface area contributed by atoms with E-state index in [4.69, 9.17) is 0 Å². The van der Waals surface area contributed by atoms with E-state index in [2.05, 4.69) is 34.9 Å². The highest BCUT2D eigenvalue weighted by molar-refractivity contribution is 7.89. The molecule has 6 nitrogen and oxygen atoms in total. The molecular formula is C24H31N3O3S. The molecule has 3 rings (SSSR count). The Labute approximate surface area is 185 Å². The Hall–Kier alpha value is -2.51. The van der Waals surface area contributed by atoms with Crippen molar-refractivity contribution in [3.05, 3.63) is 66.4 Å². The average molecular weight is 442 g/mol. The number of aromatic nitrogens is 1. The summed E-state index contributed by atoms with van der Waals surface area (Å²) in [5, 5.41) is 2.86. The van der Waals surface area contributed by atoms with Crippen LogP contribution in [0.25, 0.3) is 0 Å². The minimum atomic E-state index is -3.54. The summed E-state index contributed by atoms with van der Waals surface area (Å²) in [4.78, 5) is 16.9. The van der Waals surface area contributed by atoms with Crippen LogP contribution in [0.1, 0.15) is 33.6 Å². The molecule has 166 valence electrons. The summed E-state index contributed by atoms with van der Waals surface area (Å²) < 4.78 is 28.0.